The van der Waals surface area contributed by atoms with Gasteiger partial charge in [-0.25, -0.2) is 4.79 Å². The molecule has 1 aliphatic rings. The van der Waals surface area contributed by atoms with Crippen LogP contribution in [0.5, 0.6) is 0 Å². The average molecular weight is 311 g/mol. The van der Waals surface area contributed by atoms with Gasteiger partial charge in [-0.15, -0.1) is 11.3 Å². The summed E-state index contributed by atoms with van der Waals surface area (Å²) in [6.45, 7) is 5.44. The zero-order chi connectivity index (χ0) is 15.8. The molecular formula is C14H17NO5S. The van der Waals surface area contributed by atoms with Crippen LogP contribution >= 0.6 is 11.3 Å². The van der Waals surface area contributed by atoms with Gasteiger partial charge in [0.1, 0.15) is 5.00 Å². The summed E-state index contributed by atoms with van der Waals surface area (Å²) in [4.78, 5) is 35.1. The first-order chi connectivity index (χ1) is 9.80. The number of thiophene rings is 1. The number of aliphatic carboxylic acids is 1. The number of hydrogen-bond donors (Lipinski definition) is 2. The van der Waals surface area contributed by atoms with E-state index < -0.39 is 29.2 Å². The summed E-state index contributed by atoms with van der Waals surface area (Å²) in [5.41, 5.74) is -0.280. The number of amides is 1. The molecule has 0 radical (unpaired) electrons. The van der Waals surface area contributed by atoms with E-state index in [2.05, 4.69) is 5.32 Å². The van der Waals surface area contributed by atoms with Crippen molar-refractivity contribution < 1.29 is 24.2 Å². The number of hydrogen-bond acceptors (Lipinski definition) is 5. The fourth-order valence-electron chi connectivity index (χ4n) is 2.55. The van der Waals surface area contributed by atoms with Crippen molar-refractivity contribution in [1.82, 2.24) is 0 Å². The molecule has 0 bridgehead atoms. The molecule has 0 spiro atoms. The maximum Gasteiger partial charge on any atom is 0.341 e. The summed E-state index contributed by atoms with van der Waals surface area (Å²) in [6, 6.07) is 1.57. The van der Waals surface area contributed by atoms with Gasteiger partial charge in [-0.3, -0.25) is 9.59 Å². The molecule has 1 amide bonds. The predicted molar refractivity (Wildman–Crippen MR) is 77.3 cm³/mol. The predicted octanol–water partition coefficient (Wildman–Crippen LogP) is 2.22. The van der Waals surface area contributed by atoms with Crippen LogP contribution in [0, 0.1) is 17.3 Å². The highest BCUT2D eigenvalue weighted by molar-refractivity contribution is 7.14. The Morgan fingerprint density at radius 3 is 2.57 bits per heavy atom. The first-order valence-electron chi connectivity index (χ1n) is 6.59. The van der Waals surface area contributed by atoms with Crippen LogP contribution < -0.4 is 5.32 Å². The molecule has 114 valence electrons. The summed E-state index contributed by atoms with van der Waals surface area (Å²) in [5, 5.41) is 13.8. The van der Waals surface area contributed by atoms with Gasteiger partial charge in [-0.2, -0.15) is 0 Å². The van der Waals surface area contributed by atoms with E-state index in [1.54, 1.807) is 32.2 Å². The lowest BCUT2D eigenvalue weighted by molar-refractivity contribution is -0.140. The fraction of sp³-hybridized carbons (Fsp3) is 0.500. The van der Waals surface area contributed by atoms with Crippen molar-refractivity contribution in [2.75, 3.05) is 11.9 Å². The van der Waals surface area contributed by atoms with Crippen molar-refractivity contribution in [3.63, 3.8) is 0 Å². The van der Waals surface area contributed by atoms with Crippen LogP contribution in [0.15, 0.2) is 11.4 Å². The van der Waals surface area contributed by atoms with E-state index in [0.717, 1.165) is 0 Å². The van der Waals surface area contributed by atoms with Gasteiger partial charge in [-0.05, 0) is 23.8 Å². The van der Waals surface area contributed by atoms with Crippen LogP contribution in [0.4, 0.5) is 5.00 Å². The monoisotopic (exact) mass is 311 g/mol. The van der Waals surface area contributed by atoms with Gasteiger partial charge in [0.2, 0.25) is 5.91 Å². The Labute approximate surface area is 126 Å². The molecule has 2 N–H and O–H groups in total. The van der Waals surface area contributed by atoms with E-state index in [0.29, 0.717) is 10.6 Å². The molecule has 2 unspecified atom stereocenters. The van der Waals surface area contributed by atoms with Crippen LogP contribution in [-0.2, 0) is 14.3 Å². The minimum atomic E-state index is -0.975. The average Bonchev–Trinajstić information content (AvgIpc) is 2.75. The second kappa shape index (κ2) is 5.48. The van der Waals surface area contributed by atoms with E-state index in [1.807, 2.05) is 0 Å². The lowest BCUT2D eigenvalue weighted by Crippen LogP contribution is -2.18. The maximum absolute atomic E-state index is 12.2. The molecule has 1 saturated carbocycles. The zero-order valence-electron chi connectivity index (χ0n) is 12.0. The third-order valence-electron chi connectivity index (χ3n) is 3.77. The van der Waals surface area contributed by atoms with E-state index in [9.17, 15) is 14.4 Å². The molecule has 1 heterocycles. The molecule has 1 aromatic rings. The number of carboxylic acid groups (broad SMARTS) is 1. The Morgan fingerprint density at radius 1 is 1.38 bits per heavy atom. The number of anilines is 1. The Hall–Kier alpha value is -1.89. The highest BCUT2D eigenvalue weighted by Crippen LogP contribution is 2.58. The molecule has 6 nitrogen and oxygen atoms in total. The Bertz CT molecular complexity index is 592. The van der Waals surface area contributed by atoms with Crippen LogP contribution in [0.25, 0.3) is 0 Å². The van der Waals surface area contributed by atoms with Crippen LogP contribution in [0.1, 0.15) is 31.1 Å². The van der Waals surface area contributed by atoms with Gasteiger partial charge in [-0.1, -0.05) is 13.8 Å². The van der Waals surface area contributed by atoms with Gasteiger partial charge in [0.05, 0.1) is 24.0 Å². The summed E-state index contributed by atoms with van der Waals surface area (Å²) in [6.07, 6.45) is 0. The van der Waals surface area contributed by atoms with Crippen molar-refractivity contribution in [3.8, 4) is 0 Å². The molecule has 1 fully saturated rings. The molecule has 0 aliphatic heterocycles. The number of carboxylic acids is 1. The Morgan fingerprint density at radius 2 is 2.05 bits per heavy atom. The van der Waals surface area contributed by atoms with E-state index in [-0.39, 0.29) is 12.5 Å². The van der Waals surface area contributed by atoms with E-state index >= 15 is 0 Å². The summed E-state index contributed by atoms with van der Waals surface area (Å²) >= 11 is 1.21. The highest BCUT2D eigenvalue weighted by Gasteiger charge is 2.65. The van der Waals surface area contributed by atoms with E-state index in [4.69, 9.17) is 9.84 Å². The zero-order valence-corrected chi connectivity index (χ0v) is 12.8. The molecule has 2 atom stereocenters. The van der Waals surface area contributed by atoms with Gasteiger partial charge >= 0.3 is 11.9 Å². The molecular weight excluding hydrogens is 294 g/mol. The Balaban J connectivity index is 2.10. The molecule has 1 aliphatic carbocycles. The van der Waals surface area contributed by atoms with Crippen molar-refractivity contribution in [1.29, 1.82) is 0 Å². The first kappa shape index (κ1) is 15.5. The summed E-state index contributed by atoms with van der Waals surface area (Å²) in [5.74, 6) is -3.13. The largest absolute Gasteiger partial charge is 0.481 e. The number of rotatable bonds is 5. The lowest BCUT2D eigenvalue weighted by Gasteiger charge is -2.06. The van der Waals surface area contributed by atoms with Crippen LogP contribution in [0.2, 0.25) is 0 Å². The minimum Gasteiger partial charge on any atom is -0.481 e. The maximum atomic E-state index is 12.2. The second-order valence-electron chi connectivity index (χ2n) is 5.49. The topological polar surface area (TPSA) is 92.7 Å². The van der Waals surface area contributed by atoms with Crippen molar-refractivity contribution in [2.45, 2.75) is 20.8 Å². The second-order valence-corrected chi connectivity index (χ2v) is 6.40. The van der Waals surface area contributed by atoms with Crippen molar-refractivity contribution >= 4 is 34.2 Å². The quantitative estimate of drug-likeness (QED) is 0.813. The molecule has 1 aromatic heterocycles. The van der Waals surface area contributed by atoms with Gasteiger partial charge in [0.15, 0.2) is 0 Å². The normalized spacial score (nSPS) is 22.4. The lowest BCUT2D eigenvalue weighted by atomic mass is 10.1. The first-order valence-corrected chi connectivity index (χ1v) is 7.47. The summed E-state index contributed by atoms with van der Waals surface area (Å²) < 4.78 is 4.91. The van der Waals surface area contributed by atoms with E-state index in [1.165, 1.54) is 11.3 Å². The van der Waals surface area contributed by atoms with Gasteiger partial charge < -0.3 is 15.2 Å². The fourth-order valence-corrected chi connectivity index (χ4v) is 3.33. The number of carbonyl (C=O) groups excluding carboxylic acids is 2. The van der Waals surface area contributed by atoms with Gasteiger partial charge in [0.25, 0.3) is 0 Å². The third kappa shape index (κ3) is 2.78. The van der Waals surface area contributed by atoms with Crippen molar-refractivity contribution in [2.24, 2.45) is 17.3 Å². The minimum absolute atomic E-state index is 0.249. The highest BCUT2D eigenvalue weighted by atomic mass is 32.1. The van der Waals surface area contributed by atoms with Crippen LogP contribution in [0.3, 0.4) is 0 Å². The molecule has 0 aromatic carbocycles. The standard InChI is InChI=1S/C14H17NO5S/c1-4-20-13(19)7-5-6-21-11(7)15-10(16)8-9(12(17)18)14(8,2)3/h5-6,8-9H,4H2,1-3H3,(H,15,16)(H,17,18). The molecule has 0 saturated heterocycles. The smallest absolute Gasteiger partial charge is 0.341 e. The SMILES string of the molecule is CCOC(=O)c1ccsc1NC(=O)C1C(C(=O)O)C1(C)C. The number of esters is 1. The number of carbonyl (C=O) groups is 3. The van der Waals surface area contributed by atoms with Crippen molar-refractivity contribution in [3.05, 3.63) is 17.0 Å². The number of nitrogens with one attached hydrogen (secondary N) is 1. The summed E-state index contributed by atoms with van der Waals surface area (Å²) in [7, 11) is 0. The third-order valence-corrected chi connectivity index (χ3v) is 4.60. The number of ether oxygens (including phenoxy) is 1. The van der Waals surface area contributed by atoms with Crippen LogP contribution in [-0.4, -0.2) is 29.6 Å². The molecule has 21 heavy (non-hydrogen) atoms. The Kier molecular flexibility index (Phi) is 4.04. The molecule has 2 rings (SSSR count). The van der Waals surface area contributed by atoms with Gasteiger partial charge in [0, 0.05) is 0 Å². The molecule has 7 heteroatoms.